The Balaban J connectivity index is 1.97. The molecule has 1 amide bonds. The number of likely N-dealkylation sites (tertiary alicyclic amines) is 1. The second kappa shape index (κ2) is 6.30. The molecular formula is C15H21IN2O2. The number of phenols is 1. The van der Waals surface area contributed by atoms with E-state index in [-0.39, 0.29) is 17.1 Å². The van der Waals surface area contributed by atoms with E-state index >= 15 is 0 Å². The monoisotopic (exact) mass is 388 g/mol. The Morgan fingerprint density at radius 1 is 1.45 bits per heavy atom. The van der Waals surface area contributed by atoms with E-state index in [0.29, 0.717) is 12.1 Å². The fourth-order valence-corrected chi connectivity index (χ4v) is 2.91. The number of hydrogen-bond acceptors (Lipinski definition) is 3. The molecule has 1 aliphatic rings. The molecule has 0 aromatic heterocycles. The predicted octanol–water partition coefficient (Wildman–Crippen LogP) is 2.46. The minimum absolute atomic E-state index is 0.0384. The van der Waals surface area contributed by atoms with Crippen molar-refractivity contribution in [3.05, 3.63) is 27.3 Å². The van der Waals surface area contributed by atoms with Gasteiger partial charge in [0.2, 0.25) is 0 Å². The maximum absolute atomic E-state index is 12.2. The second-order valence-electron chi connectivity index (χ2n) is 5.96. The molecule has 0 bridgehead atoms. The summed E-state index contributed by atoms with van der Waals surface area (Å²) >= 11 is 2.14. The number of aromatic hydroxyl groups is 1. The van der Waals surface area contributed by atoms with Crippen molar-refractivity contribution in [1.82, 2.24) is 10.2 Å². The van der Waals surface area contributed by atoms with Crippen LogP contribution < -0.4 is 5.32 Å². The van der Waals surface area contributed by atoms with Gasteiger partial charge in [-0.2, -0.15) is 0 Å². The third-order valence-electron chi connectivity index (χ3n) is 4.07. The normalized spacial score (nSPS) is 18.8. The number of piperidine rings is 1. The Kier molecular flexibility index (Phi) is 4.90. The van der Waals surface area contributed by atoms with Crippen LogP contribution in [0.15, 0.2) is 18.2 Å². The van der Waals surface area contributed by atoms with Crippen molar-refractivity contribution in [2.45, 2.75) is 19.8 Å². The molecule has 0 unspecified atom stereocenters. The second-order valence-corrected chi connectivity index (χ2v) is 7.20. The van der Waals surface area contributed by atoms with Crippen LogP contribution >= 0.6 is 22.6 Å². The zero-order chi connectivity index (χ0) is 14.8. The summed E-state index contributed by atoms with van der Waals surface area (Å²) < 4.78 is 0.941. The zero-order valence-corrected chi connectivity index (χ0v) is 14.1. The standard InChI is InChI=1S/C15H21IN2O2/c1-15(5-7-18(2)8-6-15)10-17-14(20)12-9-11(16)3-4-13(12)19/h3-4,9,19H,5-8,10H2,1-2H3,(H,17,20). The highest BCUT2D eigenvalue weighted by Crippen LogP contribution is 2.29. The van der Waals surface area contributed by atoms with Gasteiger partial charge in [-0.25, -0.2) is 0 Å². The number of benzene rings is 1. The van der Waals surface area contributed by atoms with E-state index in [1.54, 1.807) is 18.2 Å². The average Bonchev–Trinajstić information content (AvgIpc) is 2.43. The van der Waals surface area contributed by atoms with Crippen LogP contribution in [-0.4, -0.2) is 42.6 Å². The minimum Gasteiger partial charge on any atom is -0.507 e. The Bertz CT molecular complexity index is 497. The molecule has 1 saturated heterocycles. The topological polar surface area (TPSA) is 52.6 Å². The molecule has 4 nitrogen and oxygen atoms in total. The molecule has 0 radical (unpaired) electrons. The van der Waals surface area contributed by atoms with Crippen LogP contribution in [0.25, 0.3) is 0 Å². The highest BCUT2D eigenvalue weighted by atomic mass is 127. The summed E-state index contributed by atoms with van der Waals surface area (Å²) in [5, 5.41) is 12.7. The van der Waals surface area contributed by atoms with Crippen LogP contribution in [0.2, 0.25) is 0 Å². The molecule has 2 rings (SSSR count). The van der Waals surface area contributed by atoms with Crippen molar-refractivity contribution in [3.63, 3.8) is 0 Å². The SMILES string of the molecule is CN1CCC(C)(CNC(=O)c2cc(I)ccc2O)CC1. The average molecular weight is 388 g/mol. The van der Waals surface area contributed by atoms with Gasteiger partial charge >= 0.3 is 0 Å². The quantitative estimate of drug-likeness (QED) is 0.783. The Morgan fingerprint density at radius 3 is 2.75 bits per heavy atom. The fraction of sp³-hybridized carbons (Fsp3) is 0.533. The van der Waals surface area contributed by atoms with Crippen molar-refractivity contribution >= 4 is 28.5 Å². The lowest BCUT2D eigenvalue weighted by Gasteiger charge is -2.37. The van der Waals surface area contributed by atoms with E-state index in [9.17, 15) is 9.90 Å². The van der Waals surface area contributed by atoms with Crippen molar-refractivity contribution in [2.24, 2.45) is 5.41 Å². The minimum atomic E-state index is -0.193. The van der Waals surface area contributed by atoms with E-state index in [0.717, 1.165) is 29.5 Å². The van der Waals surface area contributed by atoms with E-state index in [1.165, 1.54) is 0 Å². The number of hydrogen-bond donors (Lipinski definition) is 2. The fourth-order valence-electron chi connectivity index (χ4n) is 2.41. The summed E-state index contributed by atoms with van der Waals surface area (Å²) in [6.07, 6.45) is 2.17. The molecule has 2 N–H and O–H groups in total. The highest BCUT2D eigenvalue weighted by Gasteiger charge is 2.29. The van der Waals surface area contributed by atoms with Crippen molar-refractivity contribution in [1.29, 1.82) is 0 Å². The van der Waals surface area contributed by atoms with E-state index in [4.69, 9.17) is 0 Å². The molecule has 1 fully saturated rings. The highest BCUT2D eigenvalue weighted by molar-refractivity contribution is 14.1. The smallest absolute Gasteiger partial charge is 0.255 e. The molecule has 0 spiro atoms. The number of carbonyl (C=O) groups excluding carboxylic acids is 1. The largest absolute Gasteiger partial charge is 0.507 e. The van der Waals surface area contributed by atoms with Gasteiger partial charge in [0.15, 0.2) is 0 Å². The van der Waals surface area contributed by atoms with Gasteiger partial charge in [-0.1, -0.05) is 6.92 Å². The van der Waals surface area contributed by atoms with Crippen LogP contribution in [0.3, 0.4) is 0 Å². The van der Waals surface area contributed by atoms with Crippen molar-refractivity contribution < 1.29 is 9.90 Å². The first-order valence-electron chi connectivity index (χ1n) is 6.85. The maximum atomic E-state index is 12.2. The van der Waals surface area contributed by atoms with Gasteiger partial charge in [0.1, 0.15) is 5.75 Å². The summed E-state index contributed by atoms with van der Waals surface area (Å²) in [5.41, 5.74) is 0.508. The first-order valence-corrected chi connectivity index (χ1v) is 7.93. The molecule has 1 heterocycles. The maximum Gasteiger partial charge on any atom is 0.255 e. The van der Waals surface area contributed by atoms with Gasteiger partial charge in [-0.15, -0.1) is 0 Å². The molecule has 20 heavy (non-hydrogen) atoms. The van der Waals surface area contributed by atoms with Gasteiger partial charge in [0.25, 0.3) is 5.91 Å². The predicted molar refractivity (Wildman–Crippen MR) is 88.0 cm³/mol. The lowest BCUT2D eigenvalue weighted by molar-refractivity contribution is 0.0889. The molecule has 110 valence electrons. The molecule has 1 aromatic carbocycles. The summed E-state index contributed by atoms with van der Waals surface area (Å²) in [5.74, 6) is -0.155. The number of amides is 1. The van der Waals surface area contributed by atoms with Gasteiger partial charge in [-0.05, 0) is 79.2 Å². The molecular weight excluding hydrogens is 367 g/mol. The third kappa shape index (κ3) is 3.85. The molecule has 1 aliphatic heterocycles. The van der Waals surface area contributed by atoms with Crippen LogP contribution in [-0.2, 0) is 0 Å². The number of halogens is 1. The van der Waals surface area contributed by atoms with E-state index < -0.39 is 0 Å². The van der Waals surface area contributed by atoms with Crippen LogP contribution in [0.1, 0.15) is 30.1 Å². The van der Waals surface area contributed by atoms with Crippen molar-refractivity contribution in [2.75, 3.05) is 26.7 Å². The lowest BCUT2D eigenvalue weighted by atomic mass is 9.80. The van der Waals surface area contributed by atoms with Crippen LogP contribution in [0.4, 0.5) is 0 Å². The van der Waals surface area contributed by atoms with Gasteiger partial charge in [-0.3, -0.25) is 4.79 Å². The van der Waals surface area contributed by atoms with Gasteiger partial charge in [0.05, 0.1) is 5.56 Å². The molecule has 1 aromatic rings. The zero-order valence-electron chi connectivity index (χ0n) is 11.9. The lowest BCUT2D eigenvalue weighted by Crippen LogP contribution is -2.43. The van der Waals surface area contributed by atoms with Crippen LogP contribution in [0, 0.1) is 8.99 Å². The van der Waals surface area contributed by atoms with E-state index in [1.807, 2.05) is 0 Å². The van der Waals surface area contributed by atoms with Gasteiger partial charge in [0, 0.05) is 10.1 Å². The molecule has 5 heteroatoms. The summed E-state index contributed by atoms with van der Waals surface area (Å²) in [6.45, 7) is 5.02. The first-order chi connectivity index (χ1) is 9.39. The number of rotatable bonds is 3. The summed E-state index contributed by atoms with van der Waals surface area (Å²) in [6, 6.07) is 5.06. The summed E-state index contributed by atoms with van der Waals surface area (Å²) in [4.78, 5) is 14.5. The third-order valence-corrected chi connectivity index (χ3v) is 4.74. The molecule has 0 saturated carbocycles. The van der Waals surface area contributed by atoms with Gasteiger partial charge < -0.3 is 15.3 Å². The summed E-state index contributed by atoms with van der Waals surface area (Å²) in [7, 11) is 2.13. The number of phenolic OH excluding ortho intramolecular Hbond substituents is 1. The molecule has 0 aliphatic carbocycles. The Morgan fingerprint density at radius 2 is 2.10 bits per heavy atom. The van der Waals surface area contributed by atoms with E-state index in [2.05, 4.69) is 46.8 Å². The van der Waals surface area contributed by atoms with Crippen molar-refractivity contribution in [3.8, 4) is 5.75 Å². The van der Waals surface area contributed by atoms with Crippen LogP contribution in [0.5, 0.6) is 5.75 Å². The Hall–Kier alpha value is -0.820. The number of nitrogens with one attached hydrogen (secondary N) is 1. The first kappa shape index (κ1) is 15.6. The Labute approximate surface area is 133 Å². The molecule has 0 atom stereocenters. The number of carbonyl (C=O) groups is 1. The number of nitrogens with zero attached hydrogens (tertiary/aromatic N) is 1.